The van der Waals surface area contributed by atoms with Crippen molar-refractivity contribution in [3.05, 3.63) is 49.6 Å². The maximum absolute atomic E-state index is 12.2. The highest BCUT2D eigenvalue weighted by atomic mass is 35.5. The van der Waals surface area contributed by atoms with Crippen LogP contribution in [0.15, 0.2) is 23.6 Å². The predicted molar refractivity (Wildman–Crippen MR) is 73.4 cm³/mol. The second-order valence-corrected chi connectivity index (χ2v) is 5.35. The third-order valence-corrected chi connectivity index (χ3v) is 4.05. The molecule has 1 aromatic carbocycles. The average molecular weight is 286 g/mol. The first kappa shape index (κ1) is 12.4. The lowest BCUT2D eigenvalue weighted by molar-refractivity contribution is 0.104. The van der Waals surface area contributed by atoms with Gasteiger partial charge in [0, 0.05) is 5.56 Å². The summed E-state index contributed by atoms with van der Waals surface area (Å²) in [5.41, 5.74) is 7.33. The summed E-state index contributed by atoms with van der Waals surface area (Å²) in [7, 11) is 0. The molecular formula is C12H9Cl2NOS. The Hall–Kier alpha value is -1.03. The lowest BCUT2D eigenvalue weighted by Crippen LogP contribution is -2.01. The molecular weight excluding hydrogens is 277 g/mol. The van der Waals surface area contributed by atoms with E-state index < -0.39 is 0 Å². The van der Waals surface area contributed by atoms with Crippen LogP contribution in [-0.2, 0) is 0 Å². The largest absolute Gasteiger partial charge is 0.396 e. The van der Waals surface area contributed by atoms with E-state index >= 15 is 0 Å². The van der Waals surface area contributed by atoms with Crippen LogP contribution in [0, 0.1) is 6.92 Å². The number of carbonyl (C=O) groups is 1. The molecule has 1 aromatic heterocycles. The van der Waals surface area contributed by atoms with E-state index in [1.807, 2.05) is 18.4 Å². The zero-order valence-electron chi connectivity index (χ0n) is 8.96. The van der Waals surface area contributed by atoms with Crippen molar-refractivity contribution in [3.63, 3.8) is 0 Å². The number of halogens is 2. The molecule has 2 N–H and O–H groups in total. The van der Waals surface area contributed by atoms with Gasteiger partial charge in [-0.05, 0) is 36.1 Å². The van der Waals surface area contributed by atoms with Gasteiger partial charge in [0.25, 0.3) is 0 Å². The molecule has 5 heteroatoms. The molecule has 0 aliphatic heterocycles. The minimum Gasteiger partial charge on any atom is -0.396 e. The van der Waals surface area contributed by atoms with E-state index in [1.54, 1.807) is 12.1 Å². The number of ketones is 1. The molecule has 0 saturated heterocycles. The molecule has 0 aliphatic carbocycles. The molecule has 17 heavy (non-hydrogen) atoms. The van der Waals surface area contributed by atoms with Crippen LogP contribution in [0.3, 0.4) is 0 Å². The van der Waals surface area contributed by atoms with Crippen LogP contribution in [0.5, 0.6) is 0 Å². The predicted octanol–water partition coefficient (Wildman–Crippen LogP) is 4.18. The smallest absolute Gasteiger partial charge is 0.203 e. The Morgan fingerprint density at radius 1 is 1.29 bits per heavy atom. The summed E-state index contributed by atoms with van der Waals surface area (Å²) in [6.07, 6.45) is 0. The zero-order valence-corrected chi connectivity index (χ0v) is 11.3. The molecule has 0 atom stereocenters. The molecule has 0 radical (unpaired) electrons. The highest BCUT2D eigenvalue weighted by molar-refractivity contribution is 7.12. The number of nitrogens with two attached hydrogens (primary N) is 1. The number of thiophene rings is 1. The monoisotopic (exact) mass is 285 g/mol. The fraction of sp³-hybridized carbons (Fsp3) is 0.0833. The third-order valence-electron chi connectivity index (χ3n) is 2.41. The number of benzene rings is 1. The summed E-state index contributed by atoms with van der Waals surface area (Å²) in [4.78, 5) is 12.9. The van der Waals surface area contributed by atoms with Crippen LogP contribution in [-0.4, -0.2) is 5.78 Å². The number of nitrogen functional groups attached to an aromatic ring is 1. The lowest BCUT2D eigenvalue weighted by atomic mass is 10.1. The molecule has 0 bridgehead atoms. The fourth-order valence-corrected chi connectivity index (χ4v) is 2.83. The van der Waals surface area contributed by atoms with Gasteiger partial charge in [-0.2, -0.15) is 0 Å². The fourth-order valence-electron chi connectivity index (χ4n) is 1.45. The van der Waals surface area contributed by atoms with E-state index in [9.17, 15) is 4.79 Å². The second kappa shape index (κ2) is 4.69. The molecule has 2 nitrogen and oxygen atoms in total. The molecule has 0 unspecified atom stereocenters. The summed E-state index contributed by atoms with van der Waals surface area (Å²) >= 11 is 13.2. The van der Waals surface area contributed by atoms with Gasteiger partial charge >= 0.3 is 0 Å². The number of anilines is 1. The van der Waals surface area contributed by atoms with Crippen molar-refractivity contribution in [2.75, 3.05) is 5.73 Å². The van der Waals surface area contributed by atoms with Gasteiger partial charge in [0.1, 0.15) is 0 Å². The molecule has 1 heterocycles. The molecule has 0 saturated carbocycles. The summed E-state index contributed by atoms with van der Waals surface area (Å²) in [6, 6.07) is 4.99. The SMILES string of the molecule is Cc1ccsc1C(=O)c1cc(Cl)c(N)c(Cl)c1. The Bertz CT molecular complexity index is 569. The van der Waals surface area contributed by atoms with E-state index in [4.69, 9.17) is 28.9 Å². The van der Waals surface area contributed by atoms with Crippen LogP contribution in [0.25, 0.3) is 0 Å². The summed E-state index contributed by atoms with van der Waals surface area (Å²) in [5.74, 6) is -0.0821. The number of rotatable bonds is 2. The topological polar surface area (TPSA) is 43.1 Å². The second-order valence-electron chi connectivity index (χ2n) is 3.62. The first-order valence-electron chi connectivity index (χ1n) is 4.84. The maximum Gasteiger partial charge on any atom is 0.203 e. The normalized spacial score (nSPS) is 10.5. The highest BCUT2D eigenvalue weighted by Crippen LogP contribution is 2.30. The number of hydrogen-bond donors (Lipinski definition) is 1. The minimum absolute atomic E-state index is 0.0821. The van der Waals surface area contributed by atoms with Gasteiger partial charge in [0.2, 0.25) is 5.78 Å². The van der Waals surface area contributed by atoms with E-state index in [0.29, 0.717) is 26.2 Å². The highest BCUT2D eigenvalue weighted by Gasteiger charge is 2.15. The number of carbonyl (C=O) groups excluding carboxylic acids is 1. The number of hydrogen-bond acceptors (Lipinski definition) is 3. The lowest BCUT2D eigenvalue weighted by Gasteiger charge is -2.05. The van der Waals surface area contributed by atoms with Gasteiger partial charge in [-0.15, -0.1) is 11.3 Å². The van der Waals surface area contributed by atoms with Gasteiger partial charge in [-0.3, -0.25) is 4.79 Å². The Balaban J connectivity index is 2.49. The first-order valence-corrected chi connectivity index (χ1v) is 6.47. The summed E-state index contributed by atoms with van der Waals surface area (Å²) in [5, 5.41) is 2.48. The van der Waals surface area contributed by atoms with E-state index in [0.717, 1.165) is 5.56 Å². The van der Waals surface area contributed by atoms with E-state index in [-0.39, 0.29) is 5.78 Å². The van der Waals surface area contributed by atoms with Gasteiger partial charge in [0.05, 0.1) is 20.6 Å². The summed E-state index contributed by atoms with van der Waals surface area (Å²) in [6.45, 7) is 1.89. The van der Waals surface area contributed by atoms with Gasteiger partial charge in [0.15, 0.2) is 0 Å². The van der Waals surface area contributed by atoms with E-state index in [1.165, 1.54) is 11.3 Å². The quantitative estimate of drug-likeness (QED) is 0.665. The van der Waals surface area contributed by atoms with Crippen molar-refractivity contribution in [1.82, 2.24) is 0 Å². The van der Waals surface area contributed by atoms with Gasteiger partial charge in [-0.25, -0.2) is 0 Å². The van der Waals surface area contributed by atoms with Gasteiger partial charge < -0.3 is 5.73 Å². The van der Waals surface area contributed by atoms with Crippen molar-refractivity contribution >= 4 is 46.0 Å². The zero-order chi connectivity index (χ0) is 12.6. The minimum atomic E-state index is -0.0821. The van der Waals surface area contributed by atoms with Crippen LogP contribution >= 0.6 is 34.5 Å². The van der Waals surface area contributed by atoms with Crippen molar-refractivity contribution in [2.45, 2.75) is 6.92 Å². The molecule has 88 valence electrons. The molecule has 2 aromatic rings. The standard InChI is InChI=1S/C12H9Cl2NOS/c1-6-2-3-17-12(6)11(16)7-4-8(13)10(15)9(14)5-7/h2-5H,15H2,1H3. The summed E-state index contributed by atoms with van der Waals surface area (Å²) < 4.78 is 0. The molecule has 0 spiro atoms. The molecule has 0 amide bonds. The van der Waals surface area contributed by atoms with Crippen LogP contribution in [0.2, 0.25) is 10.0 Å². The van der Waals surface area contributed by atoms with Crippen LogP contribution in [0.4, 0.5) is 5.69 Å². The molecule has 0 aliphatic rings. The van der Waals surface area contributed by atoms with Crippen molar-refractivity contribution < 1.29 is 4.79 Å². The Morgan fingerprint density at radius 2 is 1.88 bits per heavy atom. The van der Waals surface area contributed by atoms with E-state index in [2.05, 4.69) is 0 Å². The third kappa shape index (κ3) is 2.32. The maximum atomic E-state index is 12.2. The molecule has 2 rings (SSSR count). The van der Waals surface area contributed by atoms with Crippen LogP contribution < -0.4 is 5.73 Å². The Labute approximate surface area is 113 Å². The van der Waals surface area contributed by atoms with Crippen LogP contribution in [0.1, 0.15) is 20.8 Å². The number of aryl methyl sites for hydroxylation is 1. The van der Waals surface area contributed by atoms with Crippen molar-refractivity contribution in [3.8, 4) is 0 Å². The Kier molecular flexibility index (Phi) is 3.43. The average Bonchev–Trinajstić information content (AvgIpc) is 2.70. The molecule has 0 fully saturated rings. The van der Waals surface area contributed by atoms with Crippen molar-refractivity contribution in [2.24, 2.45) is 0 Å². The van der Waals surface area contributed by atoms with Gasteiger partial charge in [-0.1, -0.05) is 23.2 Å². The first-order chi connectivity index (χ1) is 8.00. The van der Waals surface area contributed by atoms with Crippen molar-refractivity contribution in [1.29, 1.82) is 0 Å². The Morgan fingerprint density at radius 3 is 2.35 bits per heavy atom.